The van der Waals surface area contributed by atoms with Crippen LogP contribution in [-0.4, -0.2) is 44.9 Å². The molecule has 0 spiro atoms. The van der Waals surface area contributed by atoms with E-state index in [1.54, 1.807) is 34.7 Å². The molecule has 1 aromatic carbocycles. The van der Waals surface area contributed by atoms with E-state index >= 15 is 0 Å². The van der Waals surface area contributed by atoms with Gasteiger partial charge < -0.3 is 10.0 Å². The van der Waals surface area contributed by atoms with Crippen molar-refractivity contribution in [2.45, 2.75) is 26.4 Å². The first-order valence-corrected chi connectivity index (χ1v) is 10.0. The summed E-state index contributed by atoms with van der Waals surface area (Å²) >= 11 is 5.78. The fourth-order valence-electron chi connectivity index (χ4n) is 3.18. The highest BCUT2D eigenvalue weighted by molar-refractivity contribution is 6.25. The molecule has 30 heavy (non-hydrogen) atoms. The number of aliphatic hydroxyl groups is 1. The molecule has 0 unspecified atom stereocenters. The second-order valence-corrected chi connectivity index (χ2v) is 7.50. The molecule has 6 nitrogen and oxygen atoms in total. The molecule has 1 aromatic heterocycles. The van der Waals surface area contributed by atoms with Crippen molar-refractivity contribution in [3.8, 4) is 6.07 Å². The summed E-state index contributed by atoms with van der Waals surface area (Å²) in [6, 6.07) is 9.60. The number of allylic oxidation sites excluding steroid dienone is 5. The van der Waals surface area contributed by atoms with Gasteiger partial charge in [-0.25, -0.2) is 4.68 Å². The Morgan fingerprint density at radius 3 is 2.63 bits per heavy atom. The Bertz CT molecular complexity index is 1050. The zero-order valence-electron chi connectivity index (χ0n) is 16.9. The standard InChI is InChI=1S/C23H23ClN4O2/c1-16(12-25)3-8-21(9-10-24)28-17(2)20(13-26-28)11-18-4-6-19(7-5-18)23(30)27-14-22(29)15-27/h3-10,13,22,29H,11,14-15H2,1-2H3/b10-9+,16-3+,21-8+. The normalized spacial score (nSPS) is 15.4. The lowest BCUT2D eigenvalue weighted by Gasteiger charge is -2.35. The summed E-state index contributed by atoms with van der Waals surface area (Å²) in [6.45, 7) is 4.51. The number of β-amino-alcohol motifs (C(OH)–C–C–N with tert-alkyl or cyclic N) is 1. The second-order valence-electron chi connectivity index (χ2n) is 7.25. The molecule has 1 N–H and O–H groups in total. The van der Waals surface area contributed by atoms with E-state index < -0.39 is 6.10 Å². The van der Waals surface area contributed by atoms with Crippen molar-refractivity contribution in [2.75, 3.05) is 13.1 Å². The number of halogens is 1. The van der Waals surface area contributed by atoms with Crippen LogP contribution in [0.15, 0.2) is 59.8 Å². The summed E-state index contributed by atoms with van der Waals surface area (Å²) in [5.41, 5.74) is 6.45. The minimum Gasteiger partial charge on any atom is -0.389 e. The maximum atomic E-state index is 12.3. The van der Waals surface area contributed by atoms with E-state index in [1.165, 1.54) is 5.54 Å². The lowest BCUT2D eigenvalue weighted by atomic mass is 10.0. The number of aliphatic hydroxyl groups excluding tert-OH is 1. The number of nitriles is 1. The molecule has 2 heterocycles. The number of carbonyl (C=O) groups is 1. The van der Waals surface area contributed by atoms with E-state index in [2.05, 4.69) is 11.2 Å². The molecular weight excluding hydrogens is 400 g/mol. The van der Waals surface area contributed by atoms with Gasteiger partial charge in [-0.1, -0.05) is 23.7 Å². The van der Waals surface area contributed by atoms with Crippen molar-refractivity contribution in [3.05, 3.63) is 82.2 Å². The predicted octanol–water partition coefficient (Wildman–Crippen LogP) is 3.66. The van der Waals surface area contributed by atoms with Crippen molar-refractivity contribution in [1.82, 2.24) is 14.7 Å². The number of hydrogen-bond acceptors (Lipinski definition) is 4. The number of rotatable bonds is 6. The molecule has 2 aromatic rings. The second kappa shape index (κ2) is 9.57. The molecule has 154 valence electrons. The van der Waals surface area contributed by atoms with E-state index in [1.807, 2.05) is 37.4 Å². The van der Waals surface area contributed by atoms with Crippen LogP contribution in [0.2, 0.25) is 0 Å². The minimum absolute atomic E-state index is 0.0563. The van der Waals surface area contributed by atoms with Crippen molar-refractivity contribution < 1.29 is 9.90 Å². The Labute approximate surface area is 181 Å². The number of nitrogens with zero attached hydrogens (tertiary/aromatic N) is 4. The zero-order chi connectivity index (χ0) is 21.7. The van der Waals surface area contributed by atoms with Gasteiger partial charge in [0.2, 0.25) is 0 Å². The molecule has 1 fully saturated rings. The predicted molar refractivity (Wildman–Crippen MR) is 117 cm³/mol. The fourth-order valence-corrected chi connectivity index (χ4v) is 3.30. The number of likely N-dealkylation sites (tertiary alicyclic amines) is 1. The van der Waals surface area contributed by atoms with Crippen LogP contribution in [-0.2, 0) is 6.42 Å². The topological polar surface area (TPSA) is 82.2 Å². The van der Waals surface area contributed by atoms with Crippen LogP contribution in [0, 0.1) is 18.3 Å². The molecular formula is C23H23ClN4O2. The summed E-state index contributed by atoms with van der Waals surface area (Å²) < 4.78 is 1.78. The first-order chi connectivity index (χ1) is 14.4. The Morgan fingerprint density at radius 1 is 1.33 bits per heavy atom. The van der Waals surface area contributed by atoms with Gasteiger partial charge in [0.05, 0.1) is 24.1 Å². The quantitative estimate of drug-likeness (QED) is 0.568. The highest BCUT2D eigenvalue weighted by atomic mass is 35.5. The molecule has 1 aliphatic rings. The third-order valence-corrected chi connectivity index (χ3v) is 5.14. The summed E-state index contributed by atoms with van der Waals surface area (Å²) in [5.74, 6) is -0.0563. The molecule has 0 bridgehead atoms. The average molecular weight is 423 g/mol. The zero-order valence-corrected chi connectivity index (χ0v) is 17.7. The summed E-state index contributed by atoms with van der Waals surface area (Å²) in [5, 5.41) is 22.8. The van der Waals surface area contributed by atoms with Gasteiger partial charge >= 0.3 is 0 Å². The van der Waals surface area contributed by atoms with Crippen LogP contribution in [0.3, 0.4) is 0 Å². The van der Waals surface area contributed by atoms with Crippen molar-refractivity contribution in [3.63, 3.8) is 0 Å². The molecule has 0 radical (unpaired) electrons. The van der Waals surface area contributed by atoms with Crippen LogP contribution in [0.1, 0.15) is 34.1 Å². The van der Waals surface area contributed by atoms with Gasteiger partial charge in [-0.05, 0) is 55.3 Å². The fraction of sp³-hybridized carbons (Fsp3) is 0.261. The molecule has 1 amide bonds. The van der Waals surface area contributed by atoms with Gasteiger partial charge in [-0.3, -0.25) is 4.79 Å². The number of benzene rings is 1. The van der Waals surface area contributed by atoms with E-state index in [0.717, 1.165) is 22.5 Å². The Morgan fingerprint density at radius 2 is 2.03 bits per heavy atom. The lowest BCUT2D eigenvalue weighted by Crippen LogP contribution is -2.53. The van der Waals surface area contributed by atoms with Crippen molar-refractivity contribution >= 4 is 23.2 Å². The molecule has 7 heteroatoms. The third kappa shape index (κ3) is 4.88. The van der Waals surface area contributed by atoms with Crippen LogP contribution >= 0.6 is 11.6 Å². The summed E-state index contributed by atoms with van der Waals surface area (Å²) in [7, 11) is 0. The Kier molecular flexibility index (Phi) is 6.88. The molecule has 0 atom stereocenters. The Hall–Kier alpha value is -3.14. The van der Waals surface area contributed by atoms with Crippen LogP contribution in [0.4, 0.5) is 0 Å². The lowest BCUT2D eigenvalue weighted by molar-refractivity contribution is 0.00589. The smallest absolute Gasteiger partial charge is 0.254 e. The van der Waals surface area contributed by atoms with Gasteiger partial charge in [0.25, 0.3) is 5.91 Å². The monoisotopic (exact) mass is 422 g/mol. The molecule has 0 saturated carbocycles. The number of amides is 1. The van der Waals surface area contributed by atoms with Crippen molar-refractivity contribution in [1.29, 1.82) is 5.26 Å². The van der Waals surface area contributed by atoms with Crippen LogP contribution < -0.4 is 0 Å². The minimum atomic E-state index is -0.403. The van der Waals surface area contributed by atoms with Gasteiger partial charge in [0.15, 0.2) is 0 Å². The first-order valence-electron chi connectivity index (χ1n) is 9.58. The highest BCUT2D eigenvalue weighted by Crippen LogP contribution is 2.20. The molecule has 1 aliphatic heterocycles. The van der Waals surface area contributed by atoms with Gasteiger partial charge in [0.1, 0.15) is 0 Å². The maximum absolute atomic E-state index is 12.3. The molecule has 1 saturated heterocycles. The average Bonchev–Trinajstić information content (AvgIpc) is 3.08. The van der Waals surface area contributed by atoms with Crippen molar-refractivity contribution in [2.24, 2.45) is 0 Å². The van der Waals surface area contributed by atoms with Crippen LogP contribution in [0.5, 0.6) is 0 Å². The summed E-state index contributed by atoms with van der Waals surface area (Å²) in [4.78, 5) is 14.0. The number of carbonyl (C=O) groups excluding carboxylic acids is 1. The van der Waals surface area contributed by atoms with E-state index in [9.17, 15) is 9.90 Å². The summed E-state index contributed by atoms with van der Waals surface area (Å²) in [6.07, 6.45) is 7.33. The van der Waals surface area contributed by atoms with Gasteiger partial charge in [-0.2, -0.15) is 10.4 Å². The highest BCUT2D eigenvalue weighted by Gasteiger charge is 2.29. The molecule has 3 rings (SSSR count). The largest absolute Gasteiger partial charge is 0.389 e. The number of hydrogen-bond donors (Lipinski definition) is 1. The third-order valence-electron chi connectivity index (χ3n) is 5.02. The van der Waals surface area contributed by atoms with E-state index in [-0.39, 0.29) is 5.91 Å². The van der Waals surface area contributed by atoms with Gasteiger partial charge in [0, 0.05) is 41.9 Å². The SMILES string of the molecule is C\C(C#N)=C/C=C(\C=C\Cl)n1ncc(Cc2ccc(C(=O)N3CC(O)C3)cc2)c1C. The van der Waals surface area contributed by atoms with Gasteiger partial charge in [-0.15, -0.1) is 0 Å². The maximum Gasteiger partial charge on any atom is 0.254 e. The van der Waals surface area contributed by atoms with E-state index in [0.29, 0.717) is 30.6 Å². The number of aromatic nitrogens is 2. The van der Waals surface area contributed by atoms with E-state index in [4.69, 9.17) is 16.9 Å². The first kappa shape index (κ1) is 21.6. The Balaban J connectivity index is 1.76. The molecule has 0 aliphatic carbocycles. The van der Waals surface area contributed by atoms with Crippen LogP contribution in [0.25, 0.3) is 5.70 Å².